The number of H-pyrrole nitrogens is 1. The minimum Gasteiger partial charge on any atom is -0.361 e. The Bertz CT molecular complexity index is 623. The standard InChI is InChI=1S/C14H16N4O/c1-10-7-11(19)8-12(17-10)13-3-2-6-18(13)14-9-15-4-5-16-14/h4-5,7-9,13H,2-3,6H2,1H3,(H,17,19)/t13-/m1/s1. The summed E-state index contributed by atoms with van der Waals surface area (Å²) in [6, 6.07) is 3.49. The Morgan fingerprint density at radius 3 is 3.00 bits per heavy atom. The van der Waals surface area contributed by atoms with E-state index in [4.69, 9.17) is 0 Å². The molecule has 1 fully saturated rings. The molecule has 0 bridgehead atoms. The van der Waals surface area contributed by atoms with Crippen molar-refractivity contribution in [3.63, 3.8) is 0 Å². The Kier molecular flexibility index (Phi) is 3.03. The summed E-state index contributed by atoms with van der Waals surface area (Å²) in [7, 11) is 0. The van der Waals surface area contributed by atoms with Crippen LogP contribution in [0.5, 0.6) is 0 Å². The average Bonchev–Trinajstić information content (AvgIpc) is 2.88. The Morgan fingerprint density at radius 1 is 1.37 bits per heavy atom. The Balaban J connectivity index is 1.97. The number of anilines is 1. The molecule has 2 aromatic rings. The van der Waals surface area contributed by atoms with Gasteiger partial charge in [0, 0.05) is 42.5 Å². The number of aryl methyl sites for hydroxylation is 1. The van der Waals surface area contributed by atoms with E-state index in [1.807, 2.05) is 6.92 Å². The van der Waals surface area contributed by atoms with Crippen LogP contribution < -0.4 is 10.3 Å². The van der Waals surface area contributed by atoms with E-state index in [1.165, 1.54) is 0 Å². The first-order chi connectivity index (χ1) is 9.24. The molecule has 5 heteroatoms. The maximum Gasteiger partial charge on any atom is 0.182 e. The van der Waals surface area contributed by atoms with Gasteiger partial charge in [-0.25, -0.2) is 4.98 Å². The maximum absolute atomic E-state index is 11.6. The molecule has 0 aliphatic carbocycles. The first-order valence-electron chi connectivity index (χ1n) is 6.47. The van der Waals surface area contributed by atoms with Gasteiger partial charge >= 0.3 is 0 Å². The SMILES string of the molecule is Cc1cc(=O)cc([C@H]2CCCN2c2cnccn2)[nH]1. The Hall–Kier alpha value is -2.17. The summed E-state index contributed by atoms with van der Waals surface area (Å²) in [5.41, 5.74) is 1.92. The van der Waals surface area contributed by atoms with Crippen molar-refractivity contribution in [2.45, 2.75) is 25.8 Å². The van der Waals surface area contributed by atoms with Crippen molar-refractivity contribution in [1.29, 1.82) is 0 Å². The topological polar surface area (TPSA) is 61.9 Å². The van der Waals surface area contributed by atoms with E-state index in [-0.39, 0.29) is 11.5 Å². The number of pyridine rings is 1. The lowest BCUT2D eigenvalue weighted by molar-refractivity contribution is 0.682. The Labute approximate surface area is 111 Å². The molecule has 0 radical (unpaired) electrons. The molecule has 1 saturated heterocycles. The van der Waals surface area contributed by atoms with Crippen LogP contribution in [0, 0.1) is 6.92 Å². The van der Waals surface area contributed by atoms with Crippen LogP contribution >= 0.6 is 0 Å². The van der Waals surface area contributed by atoms with Crippen LogP contribution in [0.15, 0.2) is 35.5 Å². The number of aromatic amines is 1. The lowest BCUT2D eigenvalue weighted by Crippen LogP contribution is -2.25. The number of hydrogen-bond acceptors (Lipinski definition) is 4. The fourth-order valence-electron chi connectivity index (χ4n) is 2.69. The second-order valence-electron chi connectivity index (χ2n) is 4.87. The molecule has 98 valence electrons. The first-order valence-corrected chi connectivity index (χ1v) is 6.47. The lowest BCUT2D eigenvalue weighted by atomic mass is 10.1. The molecule has 5 nitrogen and oxygen atoms in total. The van der Waals surface area contributed by atoms with Crippen LogP contribution in [0.2, 0.25) is 0 Å². The second kappa shape index (κ2) is 4.84. The van der Waals surface area contributed by atoms with Gasteiger partial charge in [0.1, 0.15) is 5.82 Å². The summed E-state index contributed by atoms with van der Waals surface area (Å²) >= 11 is 0. The molecular weight excluding hydrogens is 240 g/mol. The number of nitrogens with one attached hydrogen (secondary N) is 1. The predicted octanol–water partition coefficient (Wildman–Crippen LogP) is 1.81. The van der Waals surface area contributed by atoms with Crippen LogP contribution in [0.3, 0.4) is 0 Å². The van der Waals surface area contributed by atoms with Crippen molar-refractivity contribution < 1.29 is 0 Å². The van der Waals surface area contributed by atoms with Crippen molar-refractivity contribution in [1.82, 2.24) is 15.0 Å². The van der Waals surface area contributed by atoms with Gasteiger partial charge in [0.05, 0.1) is 12.2 Å². The number of aromatic nitrogens is 3. The van der Waals surface area contributed by atoms with Gasteiger partial charge in [-0.15, -0.1) is 0 Å². The summed E-state index contributed by atoms with van der Waals surface area (Å²) in [5.74, 6) is 0.868. The van der Waals surface area contributed by atoms with Gasteiger partial charge in [-0.3, -0.25) is 9.78 Å². The van der Waals surface area contributed by atoms with Gasteiger partial charge in [-0.2, -0.15) is 0 Å². The molecular formula is C14H16N4O. The molecule has 3 heterocycles. The van der Waals surface area contributed by atoms with Crippen LogP contribution in [-0.2, 0) is 0 Å². The Morgan fingerprint density at radius 2 is 2.26 bits per heavy atom. The van der Waals surface area contributed by atoms with Crippen molar-refractivity contribution >= 4 is 5.82 Å². The van der Waals surface area contributed by atoms with Gasteiger partial charge in [-0.1, -0.05) is 0 Å². The third-order valence-corrected chi connectivity index (χ3v) is 3.45. The van der Waals surface area contributed by atoms with E-state index in [2.05, 4.69) is 19.9 Å². The highest BCUT2D eigenvalue weighted by Crippen LogP contribution is 2.33. The molecule has 19 heavy (non-hydrogen) atoms. The van der Waals surface area contributed by atoms with E-state index in [0.717, 1.165) is 36.6 Å². The van der Waals surface area contributed by atoms with Crippen LogP contribution in [0.1, 0.15) is 30.3 Å². The second-order valence-corrected chi connectivity index (χ2v) is 4.87. The molecule has 0 unspecified atom stereocenters. The first kappa shape index (κ1) is 11.9. The molecule has 2 aromatic heterocycles. The minimum absolute atomic E-state index is 0.0530. The highest BCUT2D eigenvalue weighted by molar-refractivity contribution is 5.40. The van der Waals surface area contributed by atoms with E-state index < -0.39 is 0 Å². The van der Waals surface area contributed by atoms with Crippen molar-refractivity contribution in [3.8, 4) is 0 Å². The third-order valence-electron chi connectivity index (χ3n) is 3.45. The van der Waals surface area contributed by atoms with Crippen molar-refractivity contribution in [2.24, 2.45) is 0 Å². The number of rotatable bonds is 2. The third kappa shape index (κ3) is 2.36. The van der Waals surface area contributed by atoms with Gasteiger partial charge < -0.3 is 9.88 Å². The quantitative estimate of drug-likeness (QED) is 0.890. The summed E-state index contributed by atoms with van der Waals surface area (Å²) < 4.78 is 0. The summed E-state index contributed by atoms with van der Waals surface area (Å²) in [5, 5.41) is 0. The van der Waals surface area contributed by atoms with E-state index in [0.29, 0.717) is 0 Å². The largest absolute Gasteiger partial charge is 0.361 e. The molecule has 1 aliphatic rings. The van der Waals surface area contributed by atoms with Gasteiger partial charge in [0.2, 0.25) is 0 Å². The smallest absolute Gasteiger partial charge is 0.182 e. The molecule has 0 amide bonds. The molecule has 1 aliphatic heterocycles. The summed E-state index contributed by atoms with van der Waals surface area (Å²) in [6.45, 7) is 2.85. The number of hydrogen-bond donors (Lipinski definition) is 1. The van der Waals surface area contributed by atoms with Crippen LogP contribution in [0.25, 0.3) is 0 Å². The van der Waals surface area contributed by atoms with Gasteiger partial charge in [-0.05, 0) is 19.8 Å². The van der Waals surface area contributed by atoms with Crippen molar-refractivity contribution in [3.05, 3.63) is 52.3 Å². The molecule has 1 atom stereocenters. The highest BCUT2D eigenvalue weighted by atomic mass is 16.1. The highest BCUT2D eigenvalue weighted by Gasteiger charge is 2.28. The fourth-order valence-corrected chi connectivity index (χ4v) is 2.69. The van der Waals surface area contributed by atoms with E-state index in [9.17, 15) is 4.79 Å². The lowest BCUT2D eigenvalue weighted by Gasteiger charge is -2.25. The van der Waals surface area contributed by atoms with Crippen LogP contribution in [-0.4, -0.2) is 21.5 Å². The molecule has 0 aromatic carbocycles. The molecule has 0 spiro atoms. The zero-order chi connectivity index (χ0) is 13.2. The van der Waals surface area contributed by atoms with E-state index in [1.54, 1.807) is 30.7 Å². The number of nitrogens with zero attached hydrogens (tertiary/aromatic N) is 3. The molecule has 1 N–H and O–H groups in total. The summed E-state index contributed by atoms with van der Waals surface area (Å²) in [4.78, 5) is 25.6. The zero-order valence-electron chi connectivity index (χ0n) is 10.8. The van der Waals surface area contributed by atoms with Gasteiger partial charge in [0.25, 0.3) is 0 Å². The molecule has 3 rings (SSSR count). The zero-order valence-corrected chi connectivity index (χ0v) is 10.8. The van der Waals surface area contributed by atoms with Gasteiger partial charge in [0.15, 0.2) is 5.43 Å². The fraction of sp³-hybridized carbons (Fsp3) is 0.357. The maximum atomic E-state index is 11.6. The minimum atomic E-state index is 0.0530. The van der Waals surface area contributed by atoms with Crippen molar-refractivity contribution in [2.75, 3.05) is 11.4 Å². The normalized spacial score (nSPS) is 18.8. The average molecular weight is 256 g/mol. The monoisotopic (exact) mass is 256 g/mol. The van der Waals surface area contributed by atoms with E-state index >= 15 is 0 Å². The predicted molar refractivity (Wildman–Crippen MR) is 73.2 cm³/mol. The summed E-state index contributed by atoms with van der Waals surface area (Å²) in [6.07, 6.45) is 7.26. The molecule has 0 saturated carbocycles. The van der Waals surface area contributed by atoms with Crippen LogP contribution in [0.4, 0.5) is 5.82 Å².